The number of likely N-dealkylation sites (N-methyl/N-ethyl adjacent to an activating group) is 2. The summed E-state index contributed by atoms with van der Waals surface area (Å²) in [6.45, 7) is 21.7. The Kier molecular flexibility index (Phi) is 11.4. The molecule has 0 N–H and O–H groups in total. The molecular formula is C30H54N4O5. The number of rotatable bonds is 16. The molecule has 0 aromatic carbocycles. The molecule has 0 radical (unpaired) electrons. The number of urea groups is 2. The van der Waals surface area contributed by atoms with Crippen molar-refractivity contribution in [1.82, 2.24) is 19.6 Å². The Hall–Kier alpha value is -2.16. The second kappa shape index (κ2) is 13.5. The minimum atomic E-state index is -0.522. The first-order valence-electron chi connectivity index (χ1n) is 15.1. The van der Waals surface area contributed by atoms with Crippen LogP contribution in [0, 0.1) is 10.8 Å². The fraction of sp³-hybridized carbons (Fsp3) is 0.867. The quantitative estimate of drug-likeness (QED) is 0.236. The second-order valence-corrected chi connectivity index (χ2v) is 12.4. The second-order valence-electron chi connectivity index (χ2n) is 12.4. The van der Waals surface area contributed by atoms with Crippen LogP contribution >= 0.6 is 0 Å². The Bertz CT molecular complexity index is 889. The summed E-state index contributed by atoms with van der Waals surface area (Å²) in [5, 5.41) is 0. The summed E-state index contributed by atoms with van der Waals surface area (Å²) in [5.41, 5.74) is -1.03. The molecule has 224 valence electrons. The summed E-state index contributed by atoms with van der Waals surface area (Å²) in [6, 6.07) is -1.10. The van der Waals surface area contributed by atoms with Gasteiger partial charge in [0, 0.05) is 36.0 Å². The minimum Gasteiger partial charge on any atom is -0.374 e. The van der Waals surface area contributed by atoms with E-state index < -0.39 is 10.8 Å². The highest BCUT2D eigenvalue weighted by Crippen LogP contribution is 2.42. The van der Waals surface area contributed by atoms with Gasteiger partial charge in [0.05, 0.1) is 12.2 Å². The number of amides is 6. The molecule has 2 aliphatic heterocycles. The predicted molar refractivity (Wildman–Crippen MR) is 153 cm³/mol. The van der Waals surface area contributed by atoms with Gasteiger partial charge >= 0.3 is 12.1 Å². The van der Waals surface area contributed by atoms with Gasteiger partial charge in [-0.3, -0.25) is 19.4 Å². The molecule has 4 atom stereocenters. The zero-order valence-electron chi connectivity index (χ0n) is 26.2. The van der Waals surface area contributed by atoms with Crippen LogP contribution in [0.5, 0.6) is 0 Å². The highest BCUT2D eigenvalue weighted by atomic mass is 16.5. The molecule has 0 aromatic rings. The fourth-order valence-corrected chi connectivity index (χ4v) is 6.19. The normalized spacial score (nSPS) is 20.4. The largest absolute Gasteiger partial charge is 0.374 e. The van der Waals surface area contributed by atoms with E-state index in [1.165, 1.54) is 9.80 Å². The lowest BCUT2D eigenvalue weighted by Gasteiger charge is -2.48. The number of carbonyl (C=O) groups is 4. The summed E-state index contributed by atoms with van der Waals surface area (Å²) in [6.07, 6.45) is 4.40. The van der Waals surface area contributed by atoms with Crippen molar-refractivity contribution in [3.8, 4) is 0 Å². The Morgan fingerprint density at radius 3 is 1.49 bits per heavy atom. The van der Waals surface area contributed by atoms with Crippen LogP contribution in [-0.2, 0) is 14.3 Å². The molecule has 0 aliphatic carbocycles. The molecule has 2 heterocycles. The van der Waals surface area contributed by atoms with Crippen molar-refractivity contribution in [2.75, 3.05) is 26.2 Å². The summed E-state index contributed by atoms with van der Waals surface area (Å²) in [5.74, 6) is -0.313. The third-order valence-electron chi connectivity index (χ3n) is 9.19. The van der Waals surface area contributed by atoms with Gasteiger partial charge in [0.2, 0.25) is 0 Å². The van der Waals surface area contributed by atoms with Crippen LogP contribution in [0.1, 0.15) is 108 Å². The van der Waals surface area contributed by atoms with E-state index >= 15 is 0 Å². The van der Waals surface area contributed by atoms with Gasteiger partial charge in [-0.15, -0.1) is 0 Å². The maximum Gasteiger partial charge on any atom is 0.327 e. The first kappa shape index (κ1) is 33.0. The zero-order valence-corrected chi connectivity index (χ0v) is 26.2. The summed E-state index contributed by atoms with van der Waals surface area (Å²) in [7, 11) is 0. The van der Waals surface area contributed by atoms with Gasteiger partial charge in [-0.05, 0) is 40.0 Å². The van der Waals surface area contributed by atoms with Crippen molar-refractivity contribution in [1.29, 1.82) is 0 Å². The lowest BCUT2D eigenvalue weighted by atomic mass is 9.73. The number of hydrogen-bond acceptors (Lipinski definition) is 5. The van der Waals surface area contributed by atoms with E-state index in [0.717, 1.165) is 32.1 Å². The van der Waals surface area contributed by atoms with E-state index in [-0.39, 0.29) is 61.3 Å². The number of imide groups is 2. The number of carbonyl (C=O) groups excluding carboxylic acids is 4. The number of hydrogen-bond donors (Lipinski definition) is 0. The van der Waals surface area contributed by atoms with Crippen molar-refractivity contribution in [3.05, 3.63) is 0 Å². The standard InChI is InChI=1S/C30H54N4O5/c1-11-16-22(34-26(36)20-32(15-5)28(34)38)30(9,10)24(18-13-3)39-23(17-12-2)29(7,8)21(6)33-25(35)19-31(14-4)27(33)37/h21-24H,11-20H2,1-10H3. The third kappa shape index (κ3) is 6.60. The van der Waals surface area contributed by atoms with E-state index in [1.807, 2.05) is 20.8 Å². The van der Waals surface area contributed by atoms with Gasteiger partial charge in [-0.25, -0.2) is 9.59 Å². The van der Waals surface area contributed by atoms with Crippen LogP contribution in [0.15, 0.2) is 0 Å². The number of nitrogens with zero attached hydrogens (tertiary/aromatic N) is 4. The lowest BCUT2D eigenvalue weighted by molar-refractivity contribution is -0.155. The Morgan fingerprint density at radius 2 is 1.08 bits per heavy atom. The third-order valence-corrected chi connectivity index (χ3v) is 9.19. The maximum atomic E-state index is 13.2. The van der Waals surface area contributed by atoms with E-state index in [2.05, 4.69) is 48.5 Å². The predicted octanol–water partition coefficient (Wildman–Crippen LogP) is 5.52. The molecule has 2 fully saturated rings. The first-order chi connectivity index (χ1) is 18.2. The summed E-state index contributed by atoms with van der Waals surface area (Å²) >= 11 is 0. The molecule has 2 aliphatic rings. The van der Waals surface area contributed by atoms with Crippen molar-refractivity contribution in [2.45, 2.75) is 132 Å². The van der Waals surface area contributed by atoms with Crippen LogP contribution in [0.2, 0.25) is 0 Å². The van der Waals surface area contributed by atoms with Gasteiger partial charge in [-0.2, -0.15) is 0 Å². The Balaban J connectivity index is 2.42. The summed E-state index contributed by atoms with van der Waals surface area (Å²) < 4.78 is 7.05. The molecule has 0 saturated carbocycles. The van der Waals surface area contributed by atoms with Crippen molar-refractivity contribution >= 4 is 23.9 Å². The Morgan fingerprint density at radius 1 is 0.667 bits per heavy atom. The van der Waals surface area contributed by atoms with Crippen LogP contribution < -0.4 is 0 Å². The zero-order chi connectivity index (χ0) is 29.7. The lowest BCUT2D eigenvalue weighted by Crippen LogP contribution is -2.57. The topological polar surface area (TPSA) is 90.5 Å². The monoisotopic (exact) mass is 550 g/mol. The minimum absolute atomic E-state index is 0.117. The van der Waals surface area contributed by atoms with Crippen LogP contribution in [0.25, 0.3) is 0 Å². The molecule has 2 saturated heterocycles. The molecule has 9 nitrogen and oxygen atoms in total. The van der Waals surface area contributed by atoms with Gasteiger partial charge in [0.1, 0.15) is 13.1 Å². The van der Waals surface area contributed by atoms with Crippen molar-refractivity contribution < 1.29 is 23.9 Å². The van der Waals surface area contributed by atoms with Gasteiger partial charge in [0.15, 0.2) is 0 Å². The molecule has 4 unspecified atom stereocenters. The molecule has 0 aromatic heterocycles. The fourth-order valence-electron chi connectivity index (χ4n) is 6.19. The van der Waals surface area contributed by atoms with Gasteiger partial charge in [-0.1, -0.05) is 67.7 Å². The molecule has 6 amide bonds. The van der Waals surface area contributed by atoms with Crippen LogP contribution in [-0.4, -0.2) is 93.9 Å². The molecule has 0 bridgehead atoms. The maximum absolute atomic E-state index is 13.2. The van der Waals surface area contributed by atoms with E-state index in [0.29, 0.717) is 19.5 Å². The average Bonchev–Trinajstić information content (AvgIpc) is 3.33. The highest BCUT2D eigenvalue weighted by molar-refractivity contribution is 6.03. The van der Waals surface area contributed by atoms with E-state index in [9.17, 15) is 19.2 Å². The smallest absolute Gasteiger partial charge is 0.327 e. The summed E-state index contributed by atoms with van der Waals surface area (Å²) in [4.78, 5) is 58.3. The molecule has 2 rings (SSSR count). The number of ether oxygens (including phenoxy) is 1. The van der Waals surface area contributed by atoms with Gasteiger partial charge < -0.3 is 14.5 Å². The van der Waals surface area contributed by atoms with Crippen molar-refractivity contribution in [2.24, 2.45) is 10.8 Å². The average molecular weight is 551 g/mol. The molecule has 39 heavy (non-hydrogen) atoms. The van der Waals surface area contributed by atoms with E-state index in [4.69, 9.17) is 4.74 Å². The SMILES string of the molecule is CCCC(OC(CCC)C(C)(C)C(CCC)N1C(=O)CN(CC)C1=O)C(C)(C)C(C)N1C(=O)CN(CC)C1=O. The van der Waals surface area contributed by atoms with Crippen LogP contribution in [0.4, 0.5) is 9.59 Å². The first-order valence-corrected chi connectivity index (χ1v) is 15.1. The van der Waals surface area contributed by atoms with Crippen LogP contribution in [0.3, 0.4) is 0 Å². The molecule has 9 heteroatoms. The van der Waals surface area contributed by atoms with E-state index in [1.54, 1.807) is 9.80 Å². The highest BCUT2D eigenvalue weighted by Gasteiger charge is 2.51. The van der Waals surface area contributed by atoms with Crippen molar-refractivity contribution in [3.63, 3.8) is 0 Å². The molecular weight excluding hydrogens is 496 g/mol. The molecule has 0 spiro atoms. The van der Waals surface area contributed by atoms with Gasteiger partial charge in [0.25, 0.3) is 11.8 Å². The Labute approximate surface area is 236 Å².